The Labute approximate surface area is 171 Å². The van der Waals surface area contributed by atoms with Gasteiger partial charge in [-0.05, 0) is 37.1 Å². The number of rotatable bonds is 7. The Morgan fingerprint density at radius 2 is 1.50 bits per heavy atom. The van der Waals surface area contributed by atoms with E-state index in [1.165, 1.54) is 6.20 Å². The number of nitrogens with zero attached hydrogens (tertiary/aromatic N) is 4. The number of hydrogen-bond acceptors (Lipinski definition) is 6. The molecule has 3 rings (SSSR count). The molecule has 9 heteroatoms. The number of halogens is 1. The lowest BCUT2D eigenvalue weighted by Crippen LogP contribution is -2.47. The number of piperazine rings is 1. The number of anilines is 2. The summed E-state index contributed by atoms with van der Waals surface area (Å²) in [5, 5.41) is 0.625. The first kappa shape index (κ1) is 20.8. The zero-order valence-corrected chi connectivity index (χ0v) is 17.7. The average Bonchev–Trinajstić information content (AvgIpc) is 2.73. The molecule has 0 aromatic carbocycles. The minimum absolute atomic E-state index is 0.0563. The van der Waals surface area contributed by atoms with Crippen LogP contribution in [0.1, 0.15) is 26.7 Å². The van der Waals surface area contributed by atoms with Gasteiger partial charge in [0.25, 0.3) is 0 Å². The highest BCUT2D eigenvalue weighted by molar-refractivity contribution is 7.89. The molecule has 0 bridgehead atoms. The van der Waals surface area contributed by atoms with Crippen molar-refractivity contribution in [1.29, 1.82) is 0 Å². The van der Waals surface area contributed by atoms with Crippen LogP contribution in [0.4, 0.5) is 11.6 Å². The first-order valence-electron chi connectivity index (χ1n) is 9.52. The summed E-state index contributed by atoms with van der Waals surface area (Å²) in [5.74, 6) is 1.69. The molecule has 1 fully saturated rings. The Morgan fingerprint density at radius 3 is 1.93 bits per heavy atom. The smallest absolute Gasteiger partial charge is 0.242 e. The van der Waals surface area contributed by atoms with Gasteiger partial charge in [-0.2, -0.15) is 0 Å². The van der Waals surface area contributed by atoms with Crippen molar-refractivity contribution in [3.63, 3.8) is 0 Å². The van der Waals surface area contributed by atoms with E-state index in [2.05, 4.69) is 24.5 Å². The van der Waals surface area contributed by atoms with E-state index in [-0.39, 0.29) is 10.9 Å². The van der Waals surface area contributed by atoms with Crippen molar-refractivity contribution >= 4 is 33.3 Å². The van der Waals surface area contributed by atoms with Crippen LogP contribution in [0.15, 0.2) is 41.6 Å². The van der Waals surface area contributed by atoms with E-state index >= 15 is 0 Å². The van der Waals surface area contributed by atoms with Gasteiger partial charge in [0, 0.05) is 44.6 Å². The predicted octanol–water partition coefficient (Wildman–Crippen LogP) is 2.92. The quantitative estimate of drug-likeness (QED) is 0.737. The van der Waals surface area contributed by atoms with Gasteiger partial charge in [0.15, 0.2) is 0 Å². The molecular formula is C19H26ClN5O2S. The predicted molar refractivity (Wildman–Crippen MR) is 113 cm³/mol. The van der Waals surface area contributed by atoms with Crippen molar-refractivity contribution in [1.82, 2.24) is 14.7 Å². The maximum Gasteiger partial charge on any atom is 0.242 e. The molecule has 0 radical (unpaired) electrons. The highest BCUT2D eigenvalue weighted by Crippen LogP contribution is 2.20. The highest BCUT2D eigenvalue weighted by Gasteiger charge is 2.21. The molecular weight excluding hydrogens is 398 g/mol. The molecule has 7 nitrogen and oxygen atoms in total. The van der Waals surface area contributed by atoms with Crippen LogP contribution < -0.4 is 14.5 Å². The summed E-state index contributed by atoms with van der Waals surface area (Å²) in [5.41, 5.74) is 0. The molecule has 0 atom stereocenters. The zero-order valence-electron chi connectivity index (χ0n) is 16.2. The molecule has 0 amide bonds. The van der Waals surface area contributed by atoms with E-state index in [1.54, 1.807) is 18.3 Å². The maximum absolute atomic E-state index is 12.5. The van der Waals surface area contributed by atoms with Gasteiger partial charge < -0.3 is 9.80 Å². The van der Waals surface area contributed by atoms with E-state index in [1.807, 2.05) is 26.0 Å². The minimum Gasteiger partial charge on any atom is -0.353 e. The summed E-state index contributed by atoms with van der Waals surface area (Å²) in [6.45, 7) is 7.14. The zero-order chi connectivity index (χ0) is 20.1. The van der Waals surface area contributed by atoms with Crippen molar-refractivity contribution < 1.29 is 8.42 Å². The maximum atomic E-state index is 12.5. The Hall–Kier alpha value is -1.90. The molecule has 152 valence electrons. The fourth-order valence-corrected chi connectivity index (χ4v) is 4.64. The van der Waals surface area contributed by atoms with Crippen molar-refractivity contribution in [3.8, 4) is 0 Å². The molecule has 2 aromatic rings. The molecule has 0 unspecified atom stereocenters. The van der Waals surface area contributed by atoms with Crippen LogP contribution in [0.2, 0.25) is 5.02 Å². The lowest BCUT2D eigenvalue weighted by molar-refractivity contribution is 0.530. The van der Waals surface area contributed by atoms with Gasteiger partial charge in [-0.25, -0.2) is 23.1 Å². The molecule has 3 heterocycles. The first-order valence-corrected chi connectivity index (χ1v) is 11.4. The summed E-state index contributed by atoms with van der Waals surface area (Å²) in [7, 11) is -3.54. The van der Waals surface area contributed by atoms with E-state index in [9.17, 15) is 8.42 Å². The second-order valence-electron chi connectivity index (χ2n) is 6.80. The van der Waals surface area contributed by atoms with Crippen molar-refractivity contribution in [2.45, 2.75) is 37.6 Å². The van der Waals surface area contributed by atoms with Gasteiger partial charge in [0.05, 0.1) is 5.02 Å². The molecule has 1 N–H and O–H groups in total. The molecule has 28 heavy (non-hydrogen) atoms. The summed E-state index contributed by atoms with van der Waals surface area (Å²) < 4.78 is 27.7. The fourth-order valence-electron chi connectivity index (χ4n) is 3.18. The van der Waals surface area contributed by atoms with Crippen molar-refractivity contribution in [2.24, 2.45) is 0 Å². The third kappa shape index (κ3) is 4.92. The largest absolute Gasteiger partial charge is 0.353 e. The molecule has 1 aliphatic heterocycles. The number of hydrogen-bond donors (Lipinski definition) is 1. The van der Waals surface area contributed by atoms with Crippen LogP contribution in [-0.4, -0.2) is 50.6 Å². The second-order valence-corrected chi connectivity index (χ2v) is 8.95. The number of nitrogens with one attached hydrogen (secondary N) is 1. The lowest BCUT2D eigenvalue weighted by Gasteiger charge is -2.36. The Kier molecular flexibility index (Phi) is 6.74. The van der Waals surface area contributed by atoms with Gasteiger partial charge in [-0.15, -0.1) is 0 Å². The Morgan fingerprint density at radius 1 is 0.964 bits per heavy atom. The number of sulfonamides is 1. The third-order valence-electron chi connectivity index (χ3n) is 4.98. The van der Waals surface area contributed by atoms with E-state index < -0.39 is 10.0 Å². The summed E-state index contributed by atoms with van der Waals surface area (Å²) in [6, 6.07) is 7.10. The SMILES string of the molecule is CCC(CC)NS(=O)(=O)c1ccc(N2CCN(c3ccc(Cl)cn3)CC2)nc1. The molecule has 2 aromatic heterocycles. The van der Waals surface area contributed by atoms with Gasteiger partial charge in [-0.3, -0.25) is 0 Å². The highest BCUT2D eigenvalue weighted by atomic mass is 35.5. The summed E-state index contributed by atoms with van der Waals surface area (Å²) >= 11 is 5.90. The monoisotopic (exact) mass is 423 g/mol. The number of aromatic nitrogens is 2. The molecule has 0 saturated carbocycles. The molecule has 1 saturated heterocycles. The average molecular weight is 424 g/mol. The van der Waals surface area contributed by atoms with Gasteiger partial charge in [0.1, 0.15) is 16.5 Å². The second kappa shape index (κ2) is 9.07. The standard InChI is InChI=1S/C19H26ClN5O2S/c1-3-16(4-2)23-28(26,27)17-6-8-19(22-14-17)25-11-9-24(10-12-25)18-7-5-15(20)13-21-18/h5-8,13-14,16,23H,3-4,9-12H2,1-2H3. The van der Waals surface area contributed by atoms with Crippen LogP contribution in [0.5, 0.6) is 0 Å². The van der Waals surface area contributed by atoms with Crippen LogP contribution in [0.3, 0.4) is 0 Å². The van der Waals surface area contributed by atoms with Crippen LogP contribution in [0, 0.1) is 0 Å². The number of pyridine rings is 2. The summed E-state index contributed by atoms with van der Waals surface area (Å²) in [6.07, 6.45) is 4.61. The van der Waals surface area contributed by atoms with Crippen LogP contribution in [0.25, 0.3) is 0 Å². The van der Waals surface area contributed by atoms with Gasteiger partial charge >= 0.3 is 0 Å². The minimum atomic E-state index is -3.54. The van der Waals surface area contributed by atoms with Gasteiger partial charge in [-0.1, -0.05) is 25.4 Å². The fraction of sp³-hybridized carbons (Fsp3) is 0.474. The van der Waals surface area contributed by atoms with E-state index in [0.29, 0.717) is 5.02 Å². The lowest BCUT2D eigenvalue weighted by atomic mass is 10.2. The van der Waals surface area contributed by atoms with E-state index in [4.69, 9.17) is 11.6 Å². The first-order chi connectivity index (χ1) is 13.4. The summed E-state index contributed by atoms with van der Waals surface area (Å²) in [4.78, 5) is 13.3. The van der Waals surface area contributed by atoms with Crippen LogP contribution in [-0.2, 0) is 10.0 Å². The van der Waals surface area contributed by atoms with Crippen LogP contribution >= 0.6 is 11.6 Å². The Balaban J connectivity index is 1.62. The van der Waals surface area contributed by atoms with Crippen molar-refractivity contribution in [2.75, 3.05) is 36.0 Å². The van der Waals surface area contributed by atoms with E-state index in [0.717, 1.165) is 50.7 Å². The normalized spacial score (nSPS) is 15.3. The topological polar surface area (TPSA) is 78.4 Å². The van der Waals surface area contributed by atoms with Crippen molar-refractivity contribution in [3.05, 3.63) is 41.7 Å². The molecule has 0 aliphatic carbocycles. The third-order valence-corrected chi connectivity index (χ3v) is 6.71. The van der Waals surface area contributed by atoms with Gasteiger partial charge in [0.2, 0.25) is 10.0 Å². The Bertz CT molecular complexity index is 862. The molecule has 0 spiro atoms. The molecule has 1 aliphatic rings.